The second kappa shape index (κ2) is 10.4. The summed E-state index contributed by atoms with van der Waals surface area (Å²) < 4.78 is 0. The molecular weight excluding hydrogens is 432 g/mol. The lowest BCUT2D eigenvalue weighted by atomic mass is 10.2. The topological polar surface area (TPSA) is 56.3 Å². The fourth-order valence-corrected chi connectivity index (χ4v) is 3.68. The molecule has 0 unspecified atom stereocenters. The molecule has 6 nitrogen and oxygen atoms in total. The number of aryl methyl sites for hydroxylation is 1. The molecule has 1 heterocycles. The molecular formula is C29H26N6. The van der Waals surface area contributed by atoms with E-state index in [9.17, 15) is 0 Å². The lowest BCUT2D eigenvalue weighted by molar-refractivity contribution is 1.03. The summed E-state index contributed by atoms with van der Waals surface area (Å²) in [5.41, 5.74) is 11.8. The summed E-state index contributed by atoms with van der Waals surface area (Å²) in [4.78, 5) is 9.40. The zero-order valence-corrected chi connectivity index (χ0v) is 19.4. The number of benzene rings is 4. The van der Waals surface area contributed by atoms with Crippen molar-refractivity contribution in [1.82, 2.24) is 9.97 Å². The molecule has 0 aliphatic carbocycles. The average Bonchev–Trinajstić information content (AvgIpc) is 2.93. The van der Waals surface area contributed by atoms with Crippen molar-refractivity contribution < 1.29 is 0 Å². The predicted octanol–water partition coefficient (Wildman–Crippen LogP) is 7.12. The number of nitrogens with zero attached hydrogens (tertiary/aromatic N) is 4. The van der Waals surface area contributed by atoms with Crippen molar-refractivity contribution in [3.8, 4) is 0 Å². The van der Waals surface area contributed by atoms with Gasteiger partial charge in [0.2, 0.25) is 5.95 Å². The first-order valence-electron chi connectivity index (χ1n) is 11.5. The fraction of sp³-hybridized carbons (Fsp3) is 0.0345. The zero-order valence-electron chi connectivity index (χ0n) is 19.4. The van der Waals surface area contributed by atoms with Gasteiger partial charge in [-0.3, -0.25) is 20.9 Å². The van der Waals surface area contributed by atoms with Crippen LogP contribution in [0.25, 0.3) is 0 Å². The second-order valence-corrected chi connectivity index (χ2v) is 7.96. The standard InChI is InChI=1S/C29H26N6/c1-23-22-30-29(33-35(26-18-10-4-11-19-26)27-20-12-5-13-21-27)31-28(23)32-34(24-14-6-2-7-15-24)25-16-8-3-9-17-25/h2-22H,1H3,(H2,30,31,32,33). The van der Waals surface area contributed by atoms with Gasteiger partial charge in [0.05, 0.1) is 22.7 Å². The van der Waals surface area contributed by atoms with Crippen LogP contribution in [0.2, 0.25) is 0 Å². The SMILES string of the molecule is Cc1cnc(NN(c2ccccc2)c2ccccc2)nc1NN(c1ccccc1)c1ccccc1. The van der Waals surface area contributed by atoms with Gasteiger partial charge in [-0.2, -0.15) is 4.98 Å². The number of anilines is 6. The lowest BCUT2D eigenvalue weighted by Gasteiger charge is -2.28. The molecule has 0 fully saturated rings. The summed E-state index contributed by atoms with van der Waals surface area (Å²) in [6, 6.07) is 40.5. The van der Waals surface area contributed by atoms with Crippen molar-refractivity contribution >= 4 is 34.5 Å². The van der Waals surface area contributed by atoms with Gasteiger partial charge in [-0.05, 0) is 55.5 Å². The summed E-state index contributed by atoms with van der Waals surface area (Å²) in [7, 11) is 0. The first-order chi connectivity index (χ1) is 17.3. The van der Waals surface area contributed by atoms with E-state index in [0.29, 0.717) is 11.8 Å². The Labute approximate surface area is 205 Å². The highest BCUT2D eigenvalue weighted by molar-refractivity contribution is 5.69. The summed E-state index contributed by atoms with van der Waals surface area (Å²) in [5.74, 6) is 1.18. The van der Waals surface area contributed by atoms with Gasteiger partial charge in [-0.1, -0.05) is 72.8 Å². The van der Waals surface area contributed by atoms with Crippen LogP contribution in [0, 0.1) is 6.92 Å². The molecule has 5 aromatic rings. The Hall–Kier alpha value is -4.84. The molecule has 0 radical (unpaired) electrons. The van der Waals surface area contributed by atoms with Gasteiger partial charge in [-0.25, -0.2) is 4.98 Å². The molecule has 0 spiro atoms. The smallest absolute Gasteiger partial charge is 0.244 e. The van der Waals surface area contributed by atoms with Gasteiger partial charge in [-0.15, -0.1) is 0 Å². The van der Waals surface area contributed by atoms with Crippen LogP contribution >= 0.6 is 0 Å². The molecule has 6 heteroatoms. The van der Waals surface area contributed by atoms with E-state index in [4.69, 9.17) is 4.98 Å². The van der Waals surface area contributed by atoms with Crippen LogP contribution < -0.4 is 20.9 Å². The van der Waals surface area contributed by atoms with Gasteiger partial charge in [0.15, 0.2) is 5.82 Å². The van der Waals surface area contributed by atoms with E-state index >= 15 is 0 Å². The quantitative estimate of drug-likeness (QED) is 0.242. The van der Waals surface area contributed by atoms with Crippen molar-refractivity contribution in [2.75, 3.05) is 20.9 Å². The Morgan fingerprint density at radius 2 is 0.886 bits per heavy atom. The molecule has 0 amide bonds. The summed E-state index contributed by atoms with van der Waals surface area (Å²) in [5, 5.41) is 3.99. The highest BCUT2D eigenvalue weighted by Crippen LogP contribution is 2.28. The minimum atomic E-state index is 0.479. The molecule has 1 aromatic heterocycles. The van der Waals surface area contributed by atoms with Gasteiger partial charge in [0.25, 0.3) is 0 Å². The molecule has 2 N–H and O–H groups in total. The number of hydrogen-bond donors (Lipinski definition) is 2. The summed E-state index contributed by atoms with van der Waals surface area (Å²) in [6.07, 6.45) is 1.82. The predicted molar refractivity (Wildman–Crippen MR) is 144 cm³/mol. The van der Waals surface area contributed by atoms with Crippen molar-refractivity contribution in [2.45, 2.75) is 6.92 Å². The molecule has 5 rings (SSSR count). The Kier molecular flexibility index (Phi) is 6.53. The highest BCUT2D eigenvalue weighted by atomic mass is 15.6. The van der Waals surface area contributed by atoms with Gasteiger partial charge in [0, 0.05) is 11.8 Å². The molecule has 0 aliphatic heterocycles. The van der Waals surface area contributed by atoms with Crippen molar-refractivity contribution in [3.63, 3.8) is 0 Å². The number of para-hydroxylation sites is 4. The fourth-order valence-electron chi connectivity index (χ4n) is 3.68. The van der Waals surface area contributed by atoms with Crippen molar-refractivity contribution in [2.24, 2.45) is 0 Å². The normalized spacial score (nSPS) is 10.4. The Balaban J connectivity index is 1.48. The molecule has 172 valence electrons. The maximum Gasteiger partial charge on any atom is 0.244 e. The zero-order chi connectivity index (χ0) is 23.9. The van der Waals surface area contributed by atoms with E-state index in [-0.39, 0.29) is 0 Å². The van der Waals surface area contributed by atoms with E-state index in [1.165, 1.54) is 0 Å². The van der Waals surface area contributed by atoms with Crippen molar-refractivity contribution in [3.05, 3.63) is 133 Å². The van der Waals surface area contributed by atoms with Gasteiger partial charge in [0.1, 0.15) is 0 Å². The molecule has 0 bridgehead atoms. The number of aromatic nitrogens is 2. The number of rotatable bonds is 8. The Bertz CT molecular complexity index is 1270. The molecule has 35 heavy (non-hydrogen) atoms. The second-order valence-electron chi connectivity index (χ2n) is 7.96. The molecule has 0 saturated carbocycles. The van der Waals surface area contributed by atoms with E-state index in [1.807, 2.05) is 120 Å². The van der Waals surface area contributed by atoms with Crippen LogP contribution in [0.3, 0.4) is 0 Å². The summed E-state index contributed by atoms with van der Waals surface area (Å²) >= 11 is 0. The van der Waals surface area contributed by atoms with Crippen LogP contribution in [0.4, 0.5) is 34.5 Å². The highest BCUT2D eigenvalue weighted by Gasteiger charge is 2.15. The third-order valence-electron chi connectivity index (χ3n) is 5.46. The average molecular weight is 459 g/mol. The van der Waals surface area contributed by atoms with Crippen LogP contribution in [0.1, 0.15) is 5.56 Å². The van der Waals surface area contributed by atoms with E-state index in [0.717, 1.165) is 28.3 Å². The minimum absolute atomic E-state index is 0.479. The molecule has 0 aliphatic rings. The van der Waals surface area contributed by atoms with Crippen LogP contribution in [0.5, 0.6) is 0 Å². The number of hydrazine groups is 2. The lowest BCUT2D eigenvalue weighted by Crippen LogP contribution is -2.28. The number of hydrogen-bond acceptors (Lipinski definition) is 6. The first kappa shape index (κ1) is 22.0. The maximum absolute atomic E-state index is 4.84. The summed E-state index contributed by atoms with van der Waals surface area (Å²) in [6.45, 7) is 1.99. The van der Waals surface area contributed by atoms with E-state index in [1.54, 1.807) is 0 Å². The maximum atomic E-state index is 4.84. The van der Waals surface area contributed by atoms with Crippen LogP contribution in [-0.4, -0.2) is 9.97 Å². The largest absolute Gasteiger partial charge is 0.277 e. The van der Waals surface area contributed by atoms with Crippen molar-refractivity contribution in [1.29, 1.82) is 0 Å². The van der Waals surface area contributed by atoms with Gasteiger partial charge >= 0.3 is 0 Å². The molecule has 4 aromatic carbocycles. The molecule has 0 atom stereocenters. The number of nitrogens with one attached hydrogen (secondary N) is 2. The Morgan fingerprint density at radius 3 is 1.29 bits per heavy atom. The molecule has 0 saturated heterocycles. The first-order valence-corrected chi connectivity index (χ1v) is 11.5. The van der Waals surface area contributed by atoms with E-state index in [2.05, 4.69) is 40.1 Å². The Morgan fingerprint density at radius 1 is 0.514 bits per heavy atom. The third-order valence-corrected chi connectivity index (χ3v) is 5.46. The van der Waals surface area contributed by atoms with Crippen LogP contribution in [0.15, 0.2) is 128 Å². The van der Waals surface area contributed by atoms with Crippen LogP contribution in [-0.2, 0) is 0 Å². The van der Waals surface area contributed by atoms with Gasteiger partial charge < -0.3 is 0 Å². The van der Waals surface area contributed by atoms with E-state index < -0.39 is 0 Å². The minimum Gasteiger partial charge on any atom is -0.277 e. The third kappa shape index (κ3) is 5.23. The monoisotopic (exact) mass is 458 g/mol.